The molecule has 5 heteroatoms. The highest BCUT2D eigenvalue weighted by atomic mass is 16.3. The van der Waals surface area contributed by atoms with E-state index >= 15 is 0 Å². The van der Waals surface area contributed by atoms with Crippen molar-refractivity contribution in [2.45, 2.75) is 33.9 Å². The van der Waals surface area contributed by atoms with Crippen LogP contribution in [0, 0.1) is 20.8 Å². The minimum absolute atomic E-state index is 0.587. The number of benzene rings is 1. The fourth-order valence-electron chi connectivity index (χ4n) is 2.82. The second kappa shape index (κ2) is 6.83. The molecule has 24 heavy (non-hydrogen) atoms. The fourth-order valence-corrected chi connectivity index (χ4v) is 2.82. The molecule has 1 aromatic carbocycles. The van der Waals surface area contributed by atoms with Gasteiger partial charge in [0.1, 0.15) is 22.9 Å². The largest absolute Gasteiger partial charge is 0.466 e. The maximum absolute atomic E-state index is 5.92. The molecule has 0 saturated heterocycles. The number of furan rings is 2. The normalized spacial score (nSPS) is 11.9. The van der Waals surface area contributed by atoms with Gasteiger partial charge < -0.3 is 19.5 Å². The van der Waals surface area contributed by atoms with E-state index in [1.165, 1.54) is 0 Å². The maximum Gasteiger partial charge on any atom is 0.191 e. The van der Waals surface area contributed by atoms with E-state index in [9.17, 15) is 0 Å². The van der Waals surface area contributed by atoms with Crippen LogP contribution in [0.1, 0.15) is 28.4 Å². The summed E-state index contributed by atoms with van der Waals surface area (Å²) in [6.45, 7) is 7.26. The predicted octanol–water partition coefficient (Wildman–Crippen LogP) is 3.82. The van der Waals surface area contributed by atoms with Crippen LogP contribution in [0.2, 0.25) is 0 Å². The van der Waals surface area contributed by atoms with E-state index in [1.54, 1.807) is 7.05 Å². The molecule has 0 atom stereocenters. The average Bonchev–Trinajstić information content (AvgIpc) is 3.07. The molecule has 2 aromatic heterocycles. The Hall–Kier alpha value is -2.69. The molecule has 2 heterocycles. The van der Waals surface area contributed by atoms with Crippen molar-refractivity contribution >= 4 is 16.9 Å². The Kier molecular flexibility index (Phi) is 4.60. The van der Waals surface area contributed by atoms with Crippen molar-refractivity contribution in [3.63, 3.8) is 0 Å². The summed E-state index contributed by atoms with van der Waals surface area (Å²) in [5, 5.41) is 7.75. The zero-order valence-corrected chi connectivity index (χ0v) is 14.6. The lowest BCUT2D eigenvalue weighted by molar-refractivity contribution is 0.500. The molecule has 2 N–H and O–H groups in total. The molecule has 5 nitrogen and oxygen atoms in total. The van der Waals surface area contributed by atoms with E-state index in [1.807, 2.05) is 38.1 Å². The monoisotopic (exact) mass is 325 g/mol. The van der Waals surface area contributed by atoms with Gasteiger partial charge in [0.25, 0.3) is 0 Å². The Balaban J connectivity index is 1.63. The highest BCUT2D eigenvalue weighted by Gasteiger charge is 2.11. The lowest BCUT2D eigenvalue weighted by Gasteiger charge is -2.10. The molecular weight excluding hydrogens is 302 g/mol. The van der Waals surface area contributed by atoms with Crippen molar-refractivity contribution in [2.75, 3.05) is 7.05 Å². The number of hydrogen-bond donors (Lipinski definition) is 2. The Bertz CT molecular complexity index is 874. The molecule has 0 saturated carbocycles. The number of aliphatic imine (C=N–C) groups is 1. The van der Waals surface area contributed by atoms with Gasteiger partial charge in [-0.2, -0.15) is 0 Å². The first-order chi connectivity index (χ1) is 11.6. The summed E-state index contributed by atoms with van der Waals surface area (Å²) in [6.07, 6.45) is 0. The molecule has 126 valence electrons. The number of fused-ring (bicyclic) bond motifs is 1. The third kappa shape index (κ3) is 3.30. The SMILES string of the molecule is CN=C(NCc1cc(C)oc1C)NCc1oc2ccccc2c1C. The number of rotatable bonds is 4. The zero-order valence-electron chi connectivity index (χ0n) is 14.6. The van der Waals surface area contributed by atoms with Crippen molar-refractivity contribution in [3.05, 3.63) is 58.7 Å². The minimum Gasteiger partial charge on any atom is -0.466 e. The average molecular weight is 325 g/mol. The lowest BCUT2D eigenvalue weighted by atomic mass is 10.1. The summed E-state index contributed by atoms with van der Waals surface area (Å²) < 4.78 is 11.5. The van der Waals surface area contributed by atoms with Gasteiger partial charge in [0.05, 0.1) is 6.54 Å². The minimum atomic E-state index is 0.587. The van der Waals surface area contributed by atoms with Crippen LogP contribution in [0.5, 0.6) is 0 Å². The van der Waals surface area contributed by atoms with Gasteiger partial charge in [0.15, 0.2) is 5.96 Å². The van der Waals surface area contributed by atoms with Gasteiger partial charge in [-0.25, -0.2) is 0 Å². The number of nitrogens with one attached hydrogen (secondary N) is 2. The van der Waals surface area contributed by atoms with E-state index in [2.05, 4.69) is 28.6 Å². The van der Waals surface area contributed by atoms with Crippen LogP contribution in [0.3, 0.4) is 0 Å². The highest BCUT2D eigenvalue weighted by Crippen LogP contribution is 2.24. The molecule has 3 aromatic rings. The molecule has 0 aliphatic rings. The highest BCUT2D eigenvalue weighted by molar-refractivity contribution is 5.82. The van der Waals surface area contributed by atoms with Crippen LogP contribution >= 0.6 is 0 Å². The molecule has 0 aliphatic heterocycles. The van der Waals surface area contributed by atoms with Crippen LogP contribution in [0.15, 0.2) is 44.2 Å². The van der Waals surface area contributed by atoms with Crippen LogP contribution < -0.4 is 10.6 Å². The number of aryl methyl sites for hydroxylation is 3. The topological polar surface area (TPSA) is 62.7 Å². The van der Waals surface area contributed by atoms with Crippen molar-refractivity contribution in [1.82, 2.24) is 10.6 Å². The van der Waals surface area contributed by atoms with E-state index < -0.39 is 0 Å². The van der Waals surface area contributed by atoms with Gasteiger partial charge in [-0.1, -0.05) is 18.2 Å². The van der Waals surface area contributed by atoms with Gasteiger partial charge in [0, 0.05) is 30.1 Å². The Labute approximate surface area is 141 Å². The second-order valence-corrected chi connectivity index (χ2v) is 5.86. The third-order valence-electron chi connectivity index (χ3n) is 4.17. The van der Waals surface area contributed by atoms with Crippen molar-refractivity contribution in [2.24, 2.45) is 4.99 Å². The maximum atomic E-state index is 5.92. The standard InChI is InChI=1S/C19H23N3O2/c1-12-9-15(14(3)23-12)10-21-19(20-4)22-11-18-13(2)16-7-5-6-8-17(16)24-18/h5-9H,10-11H2,1-4H3,(H2,20,21,22). The Morgan fingerprint density at radius 2 is 1.79 bits per heavy atom. The van der Waals surface area contributed by atoms with Crippen LogP contribution in [0.25, 0.3) is 11.0 Å². The third-order valence-corrected chi connectivity index (χ3v) is 4.17. The lowest BCUT2D eigenvalue weighted by Crippen LogP contribution is -2.36. The molecule has 0 aliphatic carbocycles. The Morgan fingerprint density at radius 1 is 1.04 bits per heavy atom. The van der Waals surface area contributed by atoms with Crippen LogP contribution in [0.4, 0.5) is 0 Å². The van der Waals surface area contributed by atoms with Crippen LogP contribution in [-0.4, -0.2) is 13.0 Å². The fraction of sp³-hybridized carbons (Fsp3) is 0.316. The van der Waals surface area contributed by atoms with Gasteiger partial charge in [-0.3, -0.25) is 4.99 Å². The van der Waals surface area contributed by atoms with E-state index in [0.717, 1.165) is 45.3 Å². The van der Waals surface area contributed by atoms with Crippen molar-refractivity contribution in [3.8, 4) is 0 Å². The summed E-state index contributed by atoms with van der Waals surface area (Å²) >= 11 is 0. The number of hydrogen-bond acceptors (Lipinski definition) is 3. The number of para-hydroxylation sites is 1. The molecule has 0 amide bonds. The molecular formula is C19H23N3O2. The Morgan fingerprint density at radius 3 is 2.46 bits per heavy atom. The van der Waals surface area contributed by atoms with E-state index in [0.29, 0.717) is 13.1 Å². The van der Waals surface area contributed by atoms with Crippen molar-refractivity contribution in [1.29, 1.82) is 0 Å². The smallest absolute Gasteiger partial charge is 0.191 e. The molecule has 0 spiro atoms. The predicted molar refractivity (Wildman–Crippen MR) is 96.2 cm³/mol. The summed E-state index contributed by atoms with van der Waals surface area (Å²) in [5.41, 5.74) is 3.21. The summed E-state index contributed by atoms with van der Waals surface area (Å²) in [4.78, 5) is 4.26. The summed E-state index contributed by atoms with van der Waals surface area (Å²) in [5.74, 6) is 3.51. The van der Waals surface area contributed by atoms with Crippen LogP contribution in [-0.2, 0) is 13.1 Å². The summed E-state index contributed by atoms with van der Waals surface area (Å²) in [6, 6.07) is 10.1. The molecule has 0 fully saturated rings. The van der Waals surface area contributed by atoms with Gasteiger partial charge in [-0.15, -0.1) is 0 Å². The van der Waals surface area contributed by atoms with Gasteiger partial charge >= 0.3 is 0 Å². The first kappa shape index (κ1) is 16.2. The first-order valence-electron chi connectivity index (χ1n) is 8.06. The molecule has 3 rings (SSSR count). The molecule has 0 radical (unpaired) electrons. The molecule has 0 bridgehead atoms. The first-order valence-corrected chi connectivity index (χ1v) is 8.06. The van der Waals surface area contributed by atoms with Crippen molar-refractivity contribution < 1.29 is 8.83 Å². The number of nitrogens with zero attached hydrogens (tertiary/aromatic N) is 1. The number of guanidine groups is 1. The second-order valence-electron chi connectivity index (χ2n) is 5.86. The summed E-state index contributed by atoms with van der Waals surface area (Å²) in [7, 11) is 1.76. The van der Waals surface area contributed by atoms with E-state index in [4.69, 9.17) is 8.83 Å². The van der Waals surface area contributed by atoms with Gasteiger partial charge in [0.2, 0.25) is 0 Å². The van der Waals surface area contributed by atoms with Gasteiger partial charge in [-0.05, 0) is 32.9 Å². The zero-order chi connectivity index (χ0) is 17.1. The van der Waals surface area contributed by atoms with E-state index in [-0.39, 0.29) is 0 Å². The molecule has 0 unspecified atom stereocenters. The quantitative estimate of drug-likeness (QED) is 0.565.